The Balaban J connectivity index is 1.79. The van der Waals surface area contributed by atoms with Gasteiger partial charge in [0.2, 0.25) is 10.0 Å². The fourth-order valence-electron chi connectivity index (χ4n) is 2.97. The molecule has 27 heavy (non-hydrogen) atoms. The van der Waals surface area contributed by atoms with Gasteiger partial charge in [-0.25, -0.2) is 12.8 Å². The summed E-state index contributed by atoms with van der Waals surface area (Å²) in [6.07, 6.45) is 0. The SMILES string of the molecule is CC1(C)COCCN1S(=O)(=O)c1ccc(NC(=O)c2ccccc2F)cc1. The summed E-state index contributed by atoms with van der Waals surface area (Å²) in [6.45, 7) is 4.57. The Hall–Kier alpha value is -2.29. The molecule has 0 aliphatic carbocycles. The van der Waals surface area contributed by atoms with Crippen molar-refractivity contribution in [3.8, 4) is 0 Å². The summed E-state index contributed by atoms with van der Waals surface area (Å²) in [5.41, 5.74) is -0.345. The minimum Gasteiger partial charge on any atom is -0.378 e. The lowest BCUT2D eigenvalue weighted by Crippen LogP contribution is -2.55. The third-order valence-electron chi connectivity index (χ3n) is 4.39. The molecule has 1 fully saturated rings. The molecule has 2 aromatic carbocycles. The average Bonchev–Trinajstić information content (AvgIpc) is 2.62. The average molecular weight is 392 g/mol. The first kappa shape index (κ1) is 19.5. The van der Waals surface area contributed by atoms with Crippen LogP contribution >= 0.6 is 0 Å². The lowest BCUT2D eigenvalue weighted by molar-refractivity contribution is -0.00770. The summed E-state index contributed by atoms with van der Waals surface area (Å²) < 4.78 is 46.4. The van der Waals surface area contributed by atoms with Crippen LogP contribution in [0.4, 0.5) is 10.1 Å². The van der Waals surface area contributed by atoms with Crippen LogP contribution < -0.4 is 5.32 Å². The molecule has 8 heteroatoms. The number of carbonyl (C=O) groups excluding carboxylic acids is 1. The lowest BCUT2D eigenvalue weighted by atomic mass is 10.1. The van der Waals surface area contributed by atoms with Gasteiger partial charge >= 0.3 is 0 Å². The van der Waals surface area contributed by atoms with Gasteiger partial charge in [-0.2, -0.15) is 4.31 Å². The number of amides is 1. The molecule has 1 N–H and O–H groups in total. The monoisotopic (exact) mass is 392 g/mol. The Morgan fingerprint density at radius 3 is 2.44 bits per heavy atom. The van der Waals surface area contributed by atoms with E-state index in [0.29, 0.717) is 18.9 Å². The van der Waals surface area contributed by atoms with E-state index in [1.54, 1.807) is 6.07 Å². The first-order chi connectivity index (χ1) is 12.7. The molecule has 144 valence electrons. The van der Waals surface area contributed by atoms with Crippen molar-refractivity contribution >= 4 is 21.6 Å². The molecule has 3 rings (SSSR count). The molecule has 1 aliphatic heterocycles. The summed E-state index contributed by atoms with van der Waals surface area (Å²) >= 11 is 0. The van der Waals surface area contributed by atoms with Gasteiger partial charge in [-0.15, -0.1) is 0 Å². The zero-order valence-corrected chi connectivity index (χ0v) is 15.9. The normalized spacial score (nSPS) is 17.4. The number of nitrogens with one attached hydrogen (secondary N) is 1. The van der Waals surface area contributed by atoms with Crippen molar-refractivity contribution in [2.24, 2.45) is 0 Å². The molecular weight excluding hydrogens is 371 g/mol. The number of morpholine rings is 1. The summed E-state index contributed by atoms with van der Waals surface area (Å²) in [5, 5.41) is 2.57. The van der Waals surface area contributed by atoms with Crippen LogP contribution in [0.25, 0.3) is 0 Å². The number of ether oxygens (including phenoxy) is 1. The first-order valence-electron chi connectivity index (χ1n) is 8.48. The molecule has 0 aromatic heterocycles. The molecule has 0 unspecified atom stereocenters. The molecule has 6 nitrogen and oxygen atoms in total. The van der Waals surface area contributed by atoms with Crippen LogP contribution in [-0.4, -0.2) is 43.9 Å². The molecule has 0 spiro atoms. The van der Waals surface area contributed by atoms with E-state index in [-0.39, 0.29) is 17.0 Å². The second-order valence-corrected chi connectivity index (χ2v) is 8.76. The van der Waals surface area contributed by atoms with Crippen molar-refractivity contribution in [2.45, 2.75) is 24.3 Å². The third-order valence-corrected chi connectivity index (χ3v) is 6.51. The number of rotatable bonds is 4. The molecule has 1 heterocycles. The number of carbonyl (C=O) groups is 1. The summed E-state index contributed by atoms with van der Waals surface area (Å²) in [5.74, 6) is -1.22. The number of nitrogens with zero attached hydrogens (tertiary/aromatic N) is 1. The topological polar surface area (TPSA) is 75.7 Å². The van der Waals surface area contributed by atoms with Gasteiger partial charge in [0.05, 0.1) is 29.2 Å². The first-order valence-corrected chi connectivity index (χ1v) is 9.92. The quantitative estimate of drug-likeness (QED) is 0.868. The van der Waals surface area contributed by atoms with E-state index in [4.69, 9.17) is 4.74 Å². The van der Waals surface area contributed by atoms with Crippen molar-refractivity contribution in [1.82, 2.24) is 4.31 Å². The molecule has 0 atom stereocenters. The highest BCUT2D eigenvalue weighted by Gasteiger charge is 2.39. The standard InChI is InChI=1S/C19H21FN2O4S/c1-19(2)13-26-12-11-22(19)27(24,25)15-9-7-14(8-10-15)21-18(23)16-5-3-4-6-17(16)20/h3-10H,11-13H2,1-2H3,(H,21,23). The van der Waals surface area contributed by atoms with E-state index in [1.165, 1.54) is 46.8 Å². The molecular formula is C19H21FN2O4S. The summed E-state index contributed by atoms with van der Waals surface area (Å²) in [6, 6.07) is 11.5. The highest BCUT2D eigenvalue weighted by Crippen LogP contribution is 2.28. The Labute approximate surface area is 158 Å². The van der Waals surface area contributed by atoms with Gasteiger partial charge in [-0.1, -0.05) is 12.1 Å². The zero-order valence-electron chi connectivity index (χ0n) is 15.1. The van der Waals surface area contributed by atoms with Crippen molar-refractivity contribution in [3.05, 3.63) is 59.9 Å². The van der Waals surface area contributed by atoms with Gasteiger partial charge in [0.1, 0.15) is 5.82 Å². The van der Waals surface area contributed by atoms with Crippen molar-refractivity contribution in [3.63, 3.8) is 0 Å². The van der Waals surface area contributed by atoms with Gasteiger partial charge in [-0.3, -0.25) is 4.79 Å². The van der Waals surface area contributed by atoms with Crippen LogP contribution in [0, 0.1) is 5.82 Å². The van der Waals surface area contributed by atoms with E-state index >= 15 is 0 Å². The van der Waals surface area contributed by atoms with Crippen molar-refractivity contribution < 1.29 is 22.3 Å². The third kappa shape index (κ3) is 4.02. The molecule has 0 bridgehead atoms. The molecule has 1 aliphatic rings. The maximum Gasteiger partial charge on any atom is 0.258 e. The second kappa shape index (κ2) is 7.38. The van der Waals surface area contributed by atoms with Gasteiger partial charge in [-0.05, 0) is 50.2 Å². The summed E-state index contributed by atoms with van der Waals surface area (Å²) in [4.78, 5) is 12.3. The van der Waals surface area contributed by atoms with Gasteiger partial charge < -0.3 is 10.1 Å². The predicted molar refractivity (Wildman–Crippen MR) is 99.6 cm³/mol. The smallest absolute Gasteiger partial charge is 0.258 e. The fourth-order valence-corrected chi connectivity index (χ4v) is 4.72. The Morgan fingerprint density at radius 2 is 1.81 bits per heavy atom. The van der Waals surface area contributed by atoms with Crippen LogP contribution in [-0.2, 0) is 14.8 Å². The molecule has 1 amide bonds. The highest BCUT2D eigenvalue weighted by atomic mass is 32.2. The van der Waals surface area contributed by atoms with Gasteiger partial charge in [0, 0.05) is 12.2 Å². The van der Waals surface area contributed by atoms with E-state index in [9.17, 15) is 17.6 Å². The lowest BCUT2D eigenvalue weighted by Gasteiger charge is -2.40. The minimum absolute atomic E-state index is 0.0794. The number of halogens is 1. The molecule has 2 aromatic rings. The van der Waals surface area contributed by atoms with Crippen LogP contribution in [0.15, 0.2) is 53.4 Å². The Kier molecular flexibility index (Phi) is 5.32. The Bertz CT molecular complexity index is 942. The minimum atomic E-state index is -3.69. The predicted octanol–water partition coefficient (Wildman–Crippen LogP) is 2.88. The van der Waals surface area contributed by atoms with Crippen molar-refractivity contribution in [2.75, 3.05) is 25.1 Å². The maximum absolute atomic E-state index is 13.7. The van der Waals surface area contributed by atoms with Crippen LogP contribution in [0.1, 0.15) is 24.2 Å². The van der Waals surface area contributed by atoms with Crippen LogP contribution in [0.5, 0.6) is 0 Å². The fraction of sp³-hybridized carbons (Fsp3) is 0.316. The number of sulfonamides is 1. The summed E-state index contributed by atoms with van der Waals surface area (Å²) in [7, 11) is -3.69. The second-order valence-electron chi connectivity index (χ2n) is 6.90. The van der Waals surface area contributed by atoms with Gasteiger partial charge in [0.15, 0.2) is 0 Å². The molecule has 0 radical (unpaired) electrons. The molecule has 1 saturated heterocycles. The van der Waals surface area contributed by atoms with E-state index in [1.807, 2.05) is 13.8 Å². The van der Waals surface area contributed by atoms with Crippen LogP contribution in [0.3, 0.4) is 0 Å². The zero-order chi connectivity index (χ0) is 19.7. The van der Waals surface area contributed by atoms with E-state index in [0.717, 1.165) is 0 Å². The largest absolute Gasteiger partial charge is 0.378 e. The highest BCUT2D eigenvalue weighted by molar-refractivity contribution is 7.89. The Morgan fingerprint density at radius 1 is 1.15 bits per heavy atom. The number of hydrogen-bond acceptors (Lipinski definition) is 4. The van der Waals surface area contributed by atoms with E-state index < -0.39 is 27.3 Å². The van der Waals surface area contributed by atoms with Crippen molar-refractivity contribution in [1.29, 1.82) is 0 Å². The number of benzene rings is 2. The number of hydrogen-bond donors (Lipinski definition) is 1. The number of anilines is 1. The maximum atomic E-state index is 13.7. The van der Waals surface area contributed by atoms with Crippen LogP contribution in [0.2, 0.25) is 0 Å². The van der Waals surface area contributed by atoms with Gasteiger partial charge in [0.25, 0.3) is 5.91 Å². The van der Waals surface area contributed by atoms with E-state index in [2.05, 4.69) is 5.32 Å². The molecule has 0 saturated carbocycles.